The molecule has 1 saturated heterocycles. The topological polar surface area (TPSA) is 20.3 Å². The zero-order chi connectivity index (χ0) is 15.8. The molecule has 1 aliphatic rings. The number of anilines is 1. The minimum Gasteiger partial charge on any atom is -0.295 e. The van der Waals surface area contributed by atoms with E-state index in [1.165, 1.54) is 16.5 Å². The average Bonchev–Trinajstić information content (AvgIpc) is 2.97. The van der Waals surface area contributed by atoms with Crippen LogP contribution in [0.25, 0.3) is 10.8 Å². The molecule has 0 radical (unpaired) electrons. The van der Waals surface area contributed by atoms with Gasteiger partial charge in [0.05, 0.1) is 5.75 Å². The first kappa shape index (κ1) is 14.3. The molecule has 0 aliphatic carbocycles. The highest BCUT2D eigenvalue weighted by molar-refractivity contribution is 8.00. The second-order valence-electron chi connectivity index (χ2n) is 5.87. The van der Waals surface area contributed by atoms with Crippen molar-refractivity contribution in [3.05, 3.63) is 77.9 Å². The Kier molecular flexibility index (Phi) is 3.58. The minimum absolute atomic E-state index is 0.0595. The summed E-state index contributed by atoms with van der Waals surface area (Å²) in [6.07, 6.45) is 0. The maximum Gasteiger partial charge on any atom is 0.238 e. The second kappa shape index (κ2) is 5.74. The van der Waals surface area contributed by atoms with Crippen molar-refractivity contribution in [3.63, 3.8) is 0 Å². The molecular formula is C20H17NOS. The van der Waals surface area contributed by atoms with Crippen molar-refractivity contribution < 1.29 is 4.79 Å². The van der Waals surface area contributed by atoms with Crippen molar-refractivity contribution in [3.8, 4) is 0 Å². The van der Waals surface area contributed by atoms with Gasteiger partial charge in [-0.1, -0.05) is 60.2 Å². The minimum atomic E-state index is 0.0595. The second-order valence-corrected chi connectivity index (χ2v) is 6.94. The summed E-state index contributed by atoms with van der Waals surface area (Å²) in [6, 6.07) is 23.0. The molecule has 3 aromatic rings. The molecule has 0 saturated carbocycles. The van der Waals surface area contributed by atoms with Gasteiger partial charge < -0.3 is 0 Å². The number of amides is 1. The van der Waals surface area contributed by atoms with Gasteiger partial charge in [0.25, 0.3) is 0 Å². The Morgan fingerprint density at radius 1 is 0.957 bits per heavy atom. The van der Waals surface area contributed by atoms with Crippen LogP contribution in [-0.4, -0.2) is 11.7 Å². The summed E-state index contributed by atoms with van der Waals surface area (Å²) in [5, 5.41) is 2.42. The van der Waals surface area contributed by atoms with E-state index < -0.39 is 0 Å². The van der Waals surface area contributed by atoms with Crippen LogP contribution in [0.3, 0.4) is 0 Å². The first-order chi connectivity index (χ1) is 11.2. The molecule has 0 N–H and O–H groups in total. The SMILES string of the molecule is Cc1ccc([C@@H]2SCC(=O)N2c2ccc3ccccc3c2)cc1. The zero-order valence-electron chi connectivity index (χ0n) is 12.9. The summed E-state index contributed by atoms with van der Waals surface area (Å²) < 4.78 is 0. The molecule has 0 unspecified atom stereocenters. The fourth-order valence-corrected chi connectivity index (χ4v) is 4.18. The maximum absolute atomic E-state index is 12.5. The Morgan fingerprint density at radius 3 is 2.48 bits per heavy atom. The summed E-state index contributed by atoms with van der Waals surface area (Å²) in [5.41, 5.74) is 3.39. The molecule has 2 nitrogen and oxygen atoms in total. The van der Waals surface area contributed by atoms with Crippen LogP contribution >= 0.6 is 11.8 Å². The number of aryl methyl sites for hydroxylation is 1. The summed E-state index contributed by atoms with van der Waals surface area (Å²) >= 11 is 1.69. The van der Waals surface area contributed by atoms with Crippen LogP contribution in [0, 0.1) is 6.92 Å². The van der Waals surface area contributed by atoms with Crippen LogP contribution in [-0.2, 0) is 4.79 Å². The van der Waals surface area contributed by atoms with Gasteiger partial charge in [0.1, 0.15) is 5.37 Å². The van der Waals surface area contributed by atoms with Gasteiger partial charge in [0, 0.05) is 5.69 Å². The number of fused-ring (bicyclic) bond motifs is 1. The molecule has 23 heavy (non-hydrogen) atoms. The molecule has 0 bridgehead atoms. The predicted molar refractivity (Wildman–Crippen MR) is 97.8 cm³/mol. The summed E-state index contributed by atoms with van der Waals surface area (Å²) in [7, 11) is 0. The fraction of sp³-hybridized carbons (Fsp3) is 0.150. The van der Waals surface area contributed by atoms with Crippen LogP contribution in [0.1, 0.15) is 16.5 Å². The lowest BCUT2D eigenvalue weighted by Crippen LogP contribution is -2.27. The van der Waals surface area contributed by atoms with Gasteiger partial charge in [-0.2, -0.15) is 0 Å². The lowest BCUT2D eigenvalue weighted by molar-refractivity contribution is -0.115. The average molecular weight is 319 g/mol. The maximum atomic E-state index is 12.5. The third-order valence-electron chi connectivity index (χ3n) is 4.24. The Labute approximate surface area is 140 Å². The molecule has 3 aromatic carbocycles. The van der Waals surface area contributed by atoms with E-state index in [2.05, 4.69) is 55.5 Å². The summed E-state index contributed by atoms with van der Waals surface area (Å²) in [5.74, 6) is 0.710. The number of hydrogen-bond donors (Lipinski definition) is 0. The largest absolute Gasteiger partial charge is 0.295 e. The van der Waals surface area contributed by atoms with Crippen molar-refractivity contribution in [1.29, 1.82) is 0 Å². The van der Waals surface area contributed by atoms with Gasteiger partial charge >= 0.3 is 0 Å². The van der Waals surface area contributed by atoms with Crippen LogP contribution in [0.2, 0.25) is 0 Å². The normalized spacial score (nSPS) is 17.9. The molecule has 4 rings (SSSR count). The Bertz CT molecular complexity index is 872. The molecule has 1 amide bonds. The Morgan fingerprint density at radius 2 is 1.70 bits per heavy atom. The molecule has 1 aliphatic heterocycles. The highest BCUT2D eigenvalue weighted by Crippen LogP contribution is 2.42. The van der Waals surface area contributed by atoms with Crippen molar-refractivity contribution in [2.45, 2.75) is 12.3 Å². The smallest absolute Gasteiger partial charge is 0.238 e. The number of carbonyl (C=O) groups is 1. The quantitative estimate of drug-likeness (QED) is 0.668. The van der Waals surface area contributed by atoms with E-state index in [0.717, 1.165) is 11.1 Å². The van der Waals surface area contributed by atoms with E-state index in [1.807, 2.05) is 23.1 Å². The first-order valence-corrected chi connectivity index (χ1v) is 8.76. The van der Waals surface area contributed by atoms with Crippen LogP contribution in [0.4, 0.5) is 5.69 Å². The van der Waals surface area contributed by atoms with Gasteiger partial charge in [0.2, 0.25) is 5.91 Å². The number of nitrogens with zero attached hydrogens (tertiary/aromatic N) is 1. The highest BCUT2D eigenvalue weighted by atomic mass is 32.2. The first-order valence-electron chi connectivity index (χ1n) is 7.71. The zero-order valence-corrected chi connectivity index (χ0v) is 13.7. The molecule has 0 spiro atoms. The standard InChI is InChI=1S/C20H17NOS/c1-14-6-8-16(9-7-14)20-21(19(22)13-23-20)18-11-10-15-4-2-3-5-17(15)12-18/h2-12,20H,13H2,1H3/t20-/m0/s1. The van der Waals surface area contributed by atoms with Gasteiger partial charge in [-0.15, -0.1) is 11.8 Å². The van der Waals surface area contributed by atoms with Gasteiger partial charge in [-0.05, 0) is 35.4 Å². The molecule has 0 aromatic heterocycles. The highest BCUT2D eigenvalue weighted by Gasteiger charge is 2.33. The lowest BCUT2D eigenvalue weighted by Gasteiger charge is -2.24. The van der Waals surface area contributed by atoms with Crippen molar-refractivity contribution >= 4 is 34.1 Å². The number of hydrogen-bond acceptors (Lipinski definition) is 2. The summed E-state index contributed by atoms with van der Waals surface area (Å²) in [6.45, 7) is 2.08. The number of benzene rings is 3. The fourth-order valence-electron chi connectivity index (χ4n) is 3.01. The van der Waals surface area contributed by atoms with Crippen molar-refractivity contribution in [1.82, 2.24) is 0 Å². The lowest BCUT2D eigenvalue weighted by atomic mass is 10.1. The van der Waals surface area contributed by atoms with Crippen molar-refractivity contribution in [2.75, 3.05) is 10.7 Å². The van der Waals surface area contributed by atoms with E-state index in [0.29, 0.717) is 5.75 Å². The van der Waals surface area contributed by atoms with Crippen molar-refractivity contribution in [2.24, 2.45) is 0 Å². The number of rotatable bonds is 2. The monoisotopic (exact) mass is 319 g/mol. The molecular weight excluding hydrogens is 302 g/mol. The van der Waals surface area contributed by atoms with Gasteiger partial charge in [-0.25, -0.2) is 0 Å². The van der Waals surface area contributed by atoms with Crippen LogP contribution < -0.4 is 4.90 Å². The Hall–Kier alpha value is -2.26. The van der Waals surface area contributed by atoms with E-state index in [4.69, 9.17) is 0 Å². The molecule has 3 heteroatoms. The van der Waals surface area contributed by atoms with E-state index in [1.54, 1.807) is 11.8 Å². The Balaban J connectivity index is 1.76. The predicted octanol–water partition coefficient (Wildman–Crippen LogP) is 4.93. The third kappa shape index (κ3) is 2.62. The number of thioether (sulfide) groups is 1. The molecule has 1 fully saturated rings. The third-order valence-corrected chi connectivity index (χ3v) is 5.45. The van der Waals surface area contributed by atoms with Crippen LogP contribution in [0.15, 0.2) is 66.7 Å². The van der Waals surface area contributed by atoms with Gasteiger partial charge in [-0.3, -0.25) is 9.69 Å². The van der Waals surface area contributed by atoms with Crippen LogP contribution in [0.5, 0.6) is 0 Å². The molecule has 1 atom stereocenters. The van der Waals surface area contributed by atoms with Gasteiger partial charge in [0.15, 0.2) is 0 Å². The van der Waals surface area contributed by atoms with E-state index in [-0.39, 0.29) is 11.3 Å². The van der Waals surface area contributed by atoms with E-state index in [9.17, 15) is 4.79 Å². The molecule has 114 valence electrons. The van der Waals surface area contributed by atoms with E-state index >= 15 is 0 Å². The summed E-state index contributed by atoms with van der Waals surface area (Å²) in [4.78, 5) is 14.4. The number of carbonyl (C=O) groups excluding carboxylic acids is 1. The molecule has 1 heterocycles.